The first-order valence-electron chi connectivity index (χ1n) is 5.53. The number of nitrogens with zero attached hydrogens (tertiary/aromatic N) is 1. The minimum absolute atomic E-state index is 0.135. The van der Waals surface area contributed by atoms with Crippen LogP contribution in [0.15, 0.2) is 22.7 Å². The normalized spacial score (nSPS) is 11.1. The highest BCUT2D eigenvalue weighted by molar-refractivity contribution is 5.68. The third-order valence-corrected chi connectivity index (χ3v) is 2.77. The molecule has 2 N–H and O–H groups in total. The molecule has 17 heavy (non-hydrogen) atoms. The van der Waals surface area contributed by atoms with Crippen molar-refractivity contribution in [2.45, 2.75) is 26.7 Å². The van der Waals surface area contributed by atoms with E-state index >= 15 is 0 Å². The zero-order valence-corrected chi connectivity index (χ0v) is 10.1. The lowest BCUT2D eigenvalue weighted by Gasteiger charge is -2.07. The maximum atomic E-state index is 14.0. The van der Waals surface area contributed by atoms with E-state index in [4.69, 9.17) is 10.3 Å². The minimum Gasteiger partial charge on any atom is -0.381 e. The fourth-order valence-electron chi connectivity index (χ4n) is 1.88. The Bertz CT molecular complexity index is 546. The summed E-state index contributed by atoms with van der Waals surface area (Å²) in [6, 6.07) is 5.18. The van der Waals surface area contributed by atoms with E-state index in [0.29, 0.717) is 22.7 Å². The lowest BCUT2D eigenvalue weighted by atomic mass is 9.98. The number of halogens is 1. The highest BCUT2D eigenvalue weighted by Gasteiger charge is 2.21. The van der Waals surface area contributed by atoms with Crippen LogP contribution in [-0.4, -0.2) is 5.16 Å². The molecular weight excluding hydrogens is 219 g/mol. The van der Waals surface area contributed by atoms with Crippen LogP contribution < -0.4 is 5.73 Å². The van der Waals surface area contributed by atoms with Crippen molar-refractivity contribution in [3.8, 4) is 11.3 Å². The zero-order chi connectivity index (χ0) is 12.6. The molecule has 1 aromatic heterocycles. The maximum Gasteiger partial charge on any atom is 0.175 e. The topological polar surface area (TPSA) is 52.0 Å². The van der Waals surface area contributed by atoms with Crippen molar-refractivity contribution in [1.82, 2.24) is 5.16 Å². The van der Waals surface area contributed by atoms with Gasteiger partial charge in [0.2, 0.25) is 0 Å². The van der Waals surface area contributed by atoms with Crippen molar-refractivity contribution in [3.63, 3.8) is 0 Å². The van der Waals surface area contributed by atoms with Gasteiger partial charge in [0.1, 0.15) is 5.82 Å². The summed E-state index contributed by atoms with van der Waals surface area (Å²) in [6.45, 7) is 5.66. The molecule has 0 amide bonds. The molecule has 0 aliphatic heterocycles. The van der Waals surface area contributed by atoms with Gasteiger partial charge in [0.15, 0.2) is 11.6 Å². The van der Waals surface area contributed by atoms with E-state index in [9.17, 15) is 4.39 Å². The average Bonchev–Trinajstić information content (AvgIpc) is 2.64. The molecule has 90 valence electrons. The molecule has 0 aliphatic carbocycles. The molecule has 0 atom stereocenters. The van der Waals surface area contributed by atoms with Gasteiger partial charge in [0.25, 0.3) is 0 Å². The van der Waals surface area contributed by atoms with E-state index in [-0.39, 0.29) is 11.7 Å². The number of rotatable bonds is 2. The Morgan fingerprint density at radius 1 is 1.35 bits per heavy atom. The van der Waals surface area contributed by atoms with Crippen molar-refractivity contribution >= 4 is 5.82 Å². The van der Waals surface area contributed by atoms with Crippen LogP contribution in [0.2, 0.25) is 0 Å². The Hall–Kier alpha value is -1.84. The standard InChI is InChI=1S/C13H15FN2O/c1-7(2)10-12(17-16-13(10)15)9-6-4-5-8(3)11(9)14/h4-7H,1-3H3,(H2,15,16). The Morgan fingerprint density at radius 2 is 2.06 bits per heavy atom. The molecular formula is C13H15FN2O. The SMILES string of the molecule is Cc1cccc(-c2onc(N)c2C(C)C)c1F. The second-order valence-electron chi connectivity index (χ2n) is 4.40. The first kappa shape index (κ1) is 11.6. The van der Waals surface area contributed by atoms with Crippen LogP contribution in [0.5, 0.6) is 0 Å². The first-order valence-corrected chi connectivity index (χ1v) is 5.53. The molecule has 2 rings (SSSR count). The van der Waals surface area contributed by atoms with Gasteiger partial charge < -0.3 is 10.3 Å². The number of hydrogen-bond acceptors (Lipinski definition) is 3. The largest absolute Gasteiger partial charge is 0.381 e. The van der Waals surface area contributed by atoms with E-state index in [0.717, 1.165) is 5.56 Å². The highest BCUT2D eigenvalue weighted by Crippen LogP contribution is 2.35. The summed E-state index contributed by atoms with van der Waals surface area (Å²) in [5.74, 6) is 0.608. The quantitative estimate of drug-likeness (QED) is 0.865. The van der Waals surface area contributed by atoms with Crippen LogP contribution in [0.25, 0.3) is 11.3 Å². The number of benzene rings is 1. The molecule has 0 saturated heterocycles. The van der Waals surface area contributed by atoms with Gasteiger partial charge in [0.05, 0.1) is 5.56 Å². The molecule has 0 spiro atoms. The summed E-state index contributed by atoms with van der Waals surface area (Å²) in [4.78, 5) is 0. The Morgan fingerprint density at radius 3 is 2.71 bits per heavy atom. The van der Waals surface area contributed by atoms with Crippen molar-refractivity contribution in [2.24, 2.45) is 0 Å². The van der Waals surface area contributed by atoms with Crippen LogP contribution in [-0.2, 0) is 0 Å². The first-order chi connectivity index (χ1) is 8.02. The third kappa shape index (κ3) is 1.90. The predicted octanol–water partition coefficient (Wildman–Crippen LogP) is 3.49. The van der Waals surface area contributed by atoms with Crippen LogP contribution in [0.1, 0.15) is 30.9 Å². The molecule has 2 aromatic rings. The van der Waals surface area contributed by atoms with E-state index in [1.165, 1.54) is 0 Å². The summed E-state index contributed by atoms with van der Waals surface area (Å²) in [7, 11) is 0. The molecule has 3 nitrogen and oxygen atoms in total. The lowest BCUT2D eigenvalue weighted by Crippen LogP contribution is -1.96. The number of aryl methyl sites for hydroxylation is 1. The van der Waals surface area contributed by atoms with Gasteiger partial charge in [-0.3, -0.25) is 0 Å². The zero-order valence-electron chi connectivity index (χ0n) is 10.1. The number of nitrogens with two attached hydrogens (primary N) is 1. The maximum absolute atomic E-state index is 14.0. The summed E-state index contributed by atoms with van der Waals surface area (Å²) < 4.78 is 19.2. The van der Waals surface area contributed by atoms with E-state index in [1.807, 2.05) is 13.8 Å². The highest BCUT2D eigenvalue weighted by atomic mass is 19.1. The van der Waals surface area contributed by atoms with Gasteiger partial charge in [-0.25, -0.2) is 4.39 Å². The van der Waals surface area contributed by atoms with E-state index in [2.05, 4.69) is 5.16 Å². The van der Waals surface area contributed by atoms with E-state index in [1.54, 1.807) is 25.1 Å². The molecule has 0 radical (unpaired) electrons. The molecule has 1 aromatic carbocycles. The van der Waals surface area contributed by atoms with Crippen molar-refractivity contribution in [3.05, 3.63) is 35.1 Å². The second kappa shape index (κ2) is 4.20. The fourth-order valence-corrected chi connectivity index (χ4v) is 1.88. The van der Waals surface area contributed by atoms with Gasteiger partial charge in [-0.15, -0.1) is 0 Å². The summed E-state index contributed by atoms with van der Waals surface area (Å²) in [6.07, 6.45) is 0. The number of aromatic nitrogens is 1. The minimum atomic E-state index is -0.287. The number of nitrogen functional groups attached to an aromatic ring is 1. The molecule has 1 heterocycles. The monoisotopic (exact) mass is 234 g/mol. The van der Waals surface area contributed by atoms with Crippen LogP contribution in [0.3, 0.4) is 0 Å². The van der Waals surface area contributed by atoms with Crippen LogP contribution in [0.4, 0.5) is 10.2 Å². The van der Waals surface area contributed by atoms with Crippen LogP contribution in [0, 0.1) is 12.7 Å². The second-order valence-corrected chi connectivity index (χ2v) is 4.40. The van der Waals surface area contributed by atoms with Crippen molar-refractivity contribution < 1.29 is 8.91 Å². The average molecular weight is 234 g/mol. The third-order valence-electron chi connectivity index (χ3n) is 2.77. The van der Waals surface area contributed by atoms with E-state index < -0.39 is 0 Å². The smallest absolute Gasteiger partial charge is 0.175 e. The summed E-state index contributed by atoms with van der Waals surface area (Å²) in [5.41, 5.74) is 7.49. The summed E-state index contributed by atoms with van der Waals surface area (Å²) >= 11 is 0. The van der Waals surface area contributed by atoms with Gasteiger partial charge in [-0.05, 0) is 24.5 Å². The number of hydrogen-bond donors (Lipinski definition) is 1. The number of anilines is 1. The lowest BCUT2D eigenvalue weighted by molar-refractivity contribution is 0.432. The molecule has 0 saturated carbocycles. The Balaban J connectivity index is 2.65. The molecule has 0 bridgehead atoms. The Labute approximate surface area is 99.4 Å². The van der Waals surface area contributed by atoms with Gasteiger partial charge in [-0.2, -0.15) is 0 Å². The summed E-state index contributed by atoms with van der Waals surface area (Å²) in [5, 5.41) is 3.72. The molecule has 0 unspecified atom stereocenters. The Kier molecular flexibility index (Phi) is 2.88. The van der Waals surface area contributed by atoms with Crippen molar-refractivity contribution in [2.75, 3.05) is 5.73 Å². The predicted molar refractivity (Wildman–Crippen MR) is 65.1 cm³/mol. The molecule has 4 heteroatoms. The molecule has 0 fully saturated rings. The van der Waals surface area contributed by atoms with Gasteiger partial charge in [-0.1, -0.05) is 31.1 Å². The van der Waals surface area contributed by atoms with Gasteiger partial charge >= 0.3 is 0 Å². The fraction of sp³-hybridized carbons (Fsp3) is 0.308. The van der Waals surface area contributed by atoms with Gasteiger partial charge in [0, 0.05) is 5.56 Å². The molecule has 0 aliphatic rings. The van der Waals surface area contributed by atoms with Crippen LogP contribution >= 0.6 is 0 Å². The van der Waals surface area contributed by atoms with Crippen molar-refractivity contribution in [1.29, 1.82) is 0 Å².